The van der Waals surface area contributed by atoms with E-state index in [1.165, 1.54) is 19.2 Å². The van der Waals surface area contributed by atoms with Crippen molar-refractivity contribution in [3.05, 3.63) is 59.9 Å². The van der Waals surface area contributed by atoms with E-state index in [2.05, 4.69) is 44.3 Å². The molecule has 1 aliphatic heterocycles. The monoisotopic (exact) mass is 400 g/mol. The van der Waals surface area contributed by atoms with Crippen molar-refractivity contribution in [2.75, 3.05) is 63.7 Å². The number of methoxy groups -OCH3 is 1. The van der Waals surface area contributed by atoms with Crippen LogP contribution in [-0.2, 0) is 4.74 Å². The van der Waals surface area contributed by atoms with Gasteiger partial charge in [0.05, 0.1) is 13.2 Å². The second-order valence-electron chi connectivity index (χ2n) is 7.37. The fraction of sp³-hybridized carbons (Fsp3) is 0.409. The number of benzene rings is 2. The van der Waals surface area contributed by atoms with Gasteiger partial charge >= 0.3 is 6.09 Å². The molecule has 1 amide bonds. The standard InChI is InChI=1S/C22H29FN4O2/c1-25(2)19-8-4-17(5-9-19)21(16-24-22(28)29-3)27-14-12-26(13-15-27)20-10-6-18(23)7-11-20/h4-11,21H,12-16H2,1-3H3,(H,24,28)/t21-/m1/s1. The molecule has 3 rings (SSSR count). The minimum Gasteiger partial charge on any atom is -0.453 e. The van der Waals surface area contributed by atoms with Crippen LogP contribution in [0.4, 0.5) is 20.6 Å². The molecule has 7 heteroatoms. The van der Waals surface area contributed by atoms with Crippen LogP contribution in [0.15, 0.2) is 48.5 Å². The minimum absolute atomic E-state index is 0.0562. The lowest BCUT2D eigenvalue weighted by atomic mass is 10.0. The lowest BCUT2D eigenvalue weighted by molar-refractivity contribution is 0.154. The van der Waals surface area contributed by atoms with Gasteiger partial charge in [0, 0.05) is 58.2 Å². The first-order valence-electron chi connectivity index (χ1n) is 9.81. The number of anilines is 2. The van der Waals surface area contributed by atoms with Gasteiger partial charge in [0.1, 0.15) is 5.82 Å². The summed E-state index contributed by atoms with van der Waals surface area (Å²) in [6.45, 7) is 3.86. The van der Waals surface area contributed by atoms with Gasteiger partial charge in [0.2, 0.25) is 0 Å². The molecule has 1 N–H and O–H groups in total. The third kappa shape index (κ3) is 5.38. The van der Waals surface area contributed by atoms with Crippen LogP contribution >= 0.6 is 0 Å². The first-order valence-corrected chi connectivity index (χ1v) is 9.81. The smallest absolute Gasteiger partial charge is 0.406 e. The Labute approximate surface area is 171 Å². The second kappa shape index (κ2) is 9.60. The number of nitrogens with one attached hydrogen (secondary N) is 1. The molecular formula is C22H29FN4O2. The average molecular weight is 400 g/mol. The zero-order valence-corrected chi connectivity index (χ0v) is 17.3. The van der Waals surface area contributed by atoms with E-state index in [1.54, 1.807) is 0 Å². The summed E-state index contributed by atoms with van der Waals surface area (Å²) < 4.78 is 17.9. The summed E-state index contributed by atoms with van der Waals surface area (Å²) in [5.41, 5.74) is 3.32. The fourth-order valence-electron chi connectivity index (χ4n) is 3.65. The highest BCUT2D eigenvalue weighted by Crippen LogP contribution is 2.26. The van der Waals surface area contributed by atoms with E-state index in [4.69, 9.17) is 4.74 Å². The maximum Gasteiger partial charge on any atom is 0.406 e. The summed E-state index contributed by atoms with van der Waals surface area (Å²) in [5, 5.41) is 2.85. The van der Waals surface area contributed by atoms with Crippen LogP contribution in [0.25, 0.3) is 0 Å². The van der Waals surface area contributed by atoms with Gasteiger partial charge in [-0.2, -0.15) is 0 Å². The summed E-state index contributed by atoms with van der Waals surface area (Å²) in [6, 6.07) is 15.1. The number of carbonyl (C=O) groups excluding carboxylic acids is 1. The number of nitrogens with zero attached hydrogens (tertiary/aromatic N) is 3. The number of carbonyl (C=O) groups is 1. The molecule has 0 aromatic heterocycles. The quantitative estimate of drug-likeness (QED) is 0.808. The summed E-state index contributed by atoms with van der Waals surface area (Å²) >= 11 is 0. The van der Waals surface area contributed by atoms with Crippen LogP contribution < -0.4 is 15.1 Å². The number of hydrogen-bond donors (Lipinski definition) is 1. The molecule has 156 valence electrons. The number of piperazine rings is 1. The van der Waals surface area contributed by atoms with Gasteiger partial charge in [-0.25, -0.2) is 9.18 Å². The van der Waals surface area contributed by atoms with E-state index in [0.29, 0.717) is 6.54 Å². The minimum atomic E-state index is -0.426. The molecule has 1 heterocycles. The van der Waals surface area contributed by atoms with E-state index < -0.39 is 6.09 Å². The van der Waals surface area contributed by atoms with Crippen molar-refractivity contribution in [3.8, 4) is 0 Å². The predicted molar refractivity (Wildman–Crippen MR) is 114 cm³/mol. The molecule has 0 aliphatic carbocycles. The van der Waals surface area contributed by atoms with Crippen molar-refractivity contribution < 1.29 is 13.9 Å². The average Bonchev–Trinajstić information content (AvgIpc) is 2.75. The Bertz CT molecular complexity index is 787. The Morgan fingerprint density at radius 2 is 1.69 bits per heavy atom. The Morgan fingerprint density at radius 1 is 1.07 bits per heavy atom. The van der Waals surface area contributed by atoms with Crippen molar-refractivity contribution in [1.29, 1.82) is 0 Å². The molecule has 1 atom stereocenters. The molecule has 2 aromatic rings. The highest BCUT2D eigenvalue weighted by Gasteiger charge is 2.26. The van der Waals surface area contributed by atoms with E-state index in [1.807, 2.05) is 26.2 Å². The number of alkyl carbamates (subject to hydrolysis) is 1. The lowest BCUT2D eigenvalue weighted by Gasteiger charge is -2.40. The maximum atomic E-state index is 13.2. The van der Waals surface area contributed by atoms with Gasteiger partial charge < -0.3 is 19.9 Å². The lowest BCUT2D eigenvalue weighted by Crippen LogP contribution is -2.50. The van der Waals surface area contributed by atoms with Crippen LogP contribution in [0.5, 0.6) is 0 Å². The first-order chi connectivity index (χ1) is 14.0. The SMILES string of the molecule is COC(=O)NC[C@H](c1ccc(N(C)C)cc1)N1CCN(c2ccc(F)cc2)CC1. The maximum absolute atomic E-state index is 13.2. The van der Waals surface area contributed by atoms with E-state index in [-0.39, 0.29) is 11.9 Å². The summed E-state index contributed by atoms with van der Waals surface area (Å²) in [6.07, 6.45) is -0.426. The van der Waals surface area contributed by atoms with Crippen molar-refractivity contribution in [1.82, 2.24) is 10.2 Å². The first kappa shape index (κ1) is 20.9. The zero-order chi connectivity index (χ0) is 20.8. The van der Waals surface area contributed by atoms with Crippen molar-refractivity contribution >= 4 is 17.5 Å². The Morgan fingerprint density at radius 3 is 2.24 bits per heavy atom. The van der Waals surface area contributed by atoms with Gasteiger partial charge in [-0.15, -0.1) is 0 Å². The molecule has 0 bridgehead atoms. The van der Waals surface area contributed by atoms with Crippen molar-refractivity contribution in [3.63, 3.8) is 0 Å². The molecule has 0 spiro atoms. The Hall–Kier alpha value is -2.80. The third-order valence-corrected chi connectivity index (χ3v) is 5.37. The van der Waals surface area contributed by atoms with Crippen molar-refractivity contribution in [2.24, 2.45) is 0 Å². The molecule has 0 saturated carbocycles. The second-order valence-corrected chi connectivity index (χ2v) is 7.37. The molecular weight excluding hydrogens is 371 g/mol. The van der Waals surface area contributed by atoms with Gasteiger partial charge in [-0.1, -0.05) is 12.1 Å². The topological polar surface area (TPSA) is 48.1 Å². The number of ether oxygens (including phenoxy) is 1. The Balaban J connectivity index is 1.70. The third-order valence-electron chi connectivity index (χ3n) is 5.37. The van der Waals surface area contributed by atoms with Gasteiger partial charge in [0.15, 0.2) is 0 Å². The predicted octanol–water partition coefficient (Wildman–Crippen LogP) is 3.11. The van der Waals surface area contributed by atoms with Crippen LogP contribution in [0.2, 0.25) is 0 Å². The fourth-order valence-corrected chi connectivity index (χ4v) is 3.65. The largest absolute Gasteiger partial charge is 0.453 e. The molecule has 1 aliphatic rings. The van der Waals surface area contributed by atoms with E-state index in [0.717, 1.165) is 43.1 Å². The van der Waals surface area contributed by atoms with E-state index in [9.17, 15) is 9.18 Å². The molecule has 0 radical (unpaired) electrons. The van der Waals surface area contributed by atoms with Gasteiger partial charge in [-0.3, -0.25) is 4.90 Å². The molecule has 29 heavy (non-hydrogen) atoms. The van der Waals surface area contributed by atoms with Crippen LogP contribution in [-0.4, -0.2) is 64.9 Å². The van der Waals surface area contributed by atoms with E-state index >= 15 is 0 Å². The van der Waals surface area contributed by atoms with Gasteiger partial charge in [-0.05, 0) is 42.0 Å². The molecule has 6 nitrogen and oxygen atoms in total. The van der Waals surface area contributed by atoms with Gasteiger partial charge in [0.25, 0.3) is 0 Å². The highest BCUT2D eigenvalue weighted by atomic mass is 19.1. The number of rotatable bonds is 6. The summed E-state index contributed by atoms with van der Waals surface area (Å²) in [5.74, 6) is -0.220. The zero-order valence-electron chi connectivity index (χ0n) is 17.3. The summed E-state index contributed by atoms with van der Waals surface area (Å²) in [7, 11) is 5.40. The molecule has 1 fully saturated rings. The number of amides is 1. The molecule has 2 aromatic carbocycles. The summed E-state index contributed by atoms with van der Waals surface area (Å²) in [4.78, 5) is 18.3. The van der Waals surface area contributed by atoms with Crippen LogP contribution in [0, 0.1) is 5.82 Å². The van der Waals surface area contributed by atoms with Crippen LogP contribution in [0.3, 0.4) is 0 Å². The number of halogens is 1. The highest BCUT2D eigenvalue weighted by molar-refractivity contribution is 5.67. The normalized spacial score (nSPS) is 15.7. The van der Waals surface area contributed by atoms with Crippen LogP contribution in [0.1, 0.15) is 11.6 Å². The molecule has 1 saturated heterocycles. The van der Waals surface area contributed by atoms with Crippen molar-refractivity contribution in [2.45, 2.75) is 6.04 Å². The Kier molecular flexibility index (Phi) is 6.93. The molecule has 0 unspecified atom stereocenters. The number of hydrogen-bond acceptors (Lipinski definition) is 5.